The highest BCUT2D eigenvalue weighted by atomic mass is 16.5. The summed E-state index contributed by atoms with van der Waals surface area (Å²) in [6, 6.07) is 17.5. The number of benzene rings is 2. The molecule has 2 aromatic rings. The number of rotatable bonds is 7. The standard InChI is InChI=1S/C21H26N2O3/c1-25-16-21(11-13-22-14-12-21)20(24)23-15-17-7-9-19(10-8-17)26-18-5-3-2-4-6-18/h2-10,22H,11-16H2,1H3,(H,23,24). The number of amides is 1. The quantitative estimate of drug-likeness (QED) is 0.802. The molecule has 138 valence electrons. The normalized spacial score (nSPS) is 16.0. The highest BCUT2D eigenvalue weighted by Crippen LogP contribution is 2.29. The van der Waals surface area contributed by atoms with Crippen molar-refractivity contribution in [2.75, 3.05) is 26.8 Å². The van der Waals surface area contributed by atoms with Crippen LogP contribution in [0.5, 0.6) is 11.5 Å². The third kappa shape index (κ3) is 4.62. The summed E-state index contributed by atoms with van der Waals surface area (Å²) < 4.78 is 11.1. The molecule has 26 heavy (non-hydrogen) atoms. The van der Waals surface area contributed by atoms with Crippen molar-refractivity contribution in [2.45, 2.75) is 19.4 Å². The zero-order valence-corrected chi connectivity index (χ0v) is 15.2. The van der Waals surface area contributed by atoms with E-state index < -0.39 is 5.41 Å². The fourth-order valence-corrected chi connectivity index (χ4v) is 3.29. The topological polar surface area (TPSA) is 59.6 Å². The summed E-state index contributed by atoms with van der Waals surface area (Å²) in [5.74, 6) is 1.66. The Kier molecular flexibility index (Phi) is 6.26. The number of piperidine rings is 1. The highest BCUT2D eigenvalue weighted by Gasteiger charge is 2.39. The van der Waals surface area contributed by atoms with Crippen molar-refractivity contribution < 1.29 is 14.3 Å². The van der Waals surface area contributed by atoms with Crippen molar-refractivity contribution in [3.63, 3.8) is 0 Å². The third-order valence-electron chi connectivity index (χ3n) is 4.82. The summed E-state index contributed by atoms with van der Waals surface area (Å²) in [6.07, 6.45) is 1.60. The van der Waals surface area contributed by atoms with Crippen molar-refractivity contribution in [1.82, 2.24) is 10.6 Å². The number of hydrogen-bond donors (Lipinski definition) is 2. The van der Waals surface area contributed by atoms with Gasteiger partial charge in [-0.05, 0) is 55.8 Å². The molecule has 3 rings (SSSR count). The lowest BCUT2D eigenvalue weighted by molar-refractivity contribution is -0.136. The molecule has 1 fully saturated rings. The summed E-state index contributed by atoms with van der Waals surface area (Å²) in [5, 5.41) is 6.38. The van der Waals surface area contributed by atoms with Gasteiger partial charge in [0.05, 0.1) is 12.0 Å². The van der Waals surface area contributed by atoms with Gasteiger partial charge in [0.25, 0.3) is 0 Å². The van der Waals surface area contributed by atoms with E-state index in [1.54, 1.807) is 7.11 Å². The second-order valence-corrected chi connectivity index (χ2v) is 6.71. The molecule has 5 nitrogen and oxygen atoms in total. The Hall–Kier alpha value is -2.37. The van der Waals surface area contributed by atoms with Gasteiger partial charge >= 0.3 is 0 Å². The Morgan fingerprint density at radius 3 is 2.35 bits per heavy atom. The van der Waals surface area contributed by atoms with Gasteiger partial charge in [-0.1, -0.05) is 30.3 Å². The zero-order valence-electron chi connectivity index (χ0n) is 15.2. The lowest BCUT2D eigenvalue weighted by Crippen LogP contribution is -2.49. The first-order valence-electron chi connectivity index (χ1n) is 9.02. The average molecular weight is 354 g/mol. The van der Waals surface area contributed by atoms with Crippen LogP contribution in [0.25, 0.3) is 0 Å². The van der Waals surface area contributed by atoms with Crippen molar-refractivity contribution in [3.05, 3.63) is 60.2 Å². The van der Waals surface area contributed by atoms with Gasteiger partial charge in [-0.15, -0.1) is 0 Å². The number of carbonyl (C=O) groups excluding carboxylic acids is 1. The van der Waals surface area contributed by atoms with Crippen LogP contribution in [0.1, 0.15) is 18.4 Å². The van der Waals surface area contributed by atoms with Gasteiger partial charge in [-0.2, -0.15) is 0 Å². The van der Waals surface area contributed by atoms with Crippen LogP contribution in [0.4, 0.5) is 0 Å². The molecule has 0 atom stereocenters. The molecule has 0 unspecified atom stereocenters. The van der Waals surface area contributed by atoms with E-state index in [-0.39, 0.29) is 5.91 Å². The largest absolute Gasteiger partial charge is 0.457 e. The van der Waals surface area contributed by atoms with E-state index in [9.17, 15) is 4.79 Å². The summed E-state index contributed by atoms with van der Waals surface area (Å²) in [5.41, 5.74) is 0.622. The first-order chi connectivity index (χ1) is 12.7. The van der Waals surface area contributed by atoms with Gasteiger partial charge in [0.1, 0.15) is 11.5 Å². The van der Waals surface area contributed by atoms with Gasteiger partial charge in [0.2, 0.25) is 5.91 Å². The van der Waals surface area contributed by atoms with Crippen LogP contribution in [0.3, 0.4) is 0 Å². The second kappa shape index (κ2) is 8.83. The summed E-state index contributed by atoms with van der Waals surface area (Å²) in [6.45, 7) is 2.66. The van der Waals surface area contributed by atoms with Gasteiger partial charge in [-0.3, -0.25) is 4.79 Å². The molecule has 1 aliphatic heterocycles. The molecule has 0 aromatic heterocycles. The number of nitrogens with one attached hydrogen (secondary N) is 2. The van der Waals surface area contributed by atoms with Gasteiger partial charge in [-0.25, -0.2) is 0 Å². The second-order valence-electron chi connectivity index (χ2n) is 6.71. The molecule has 1 saturated heterocycles. The van der Waals surface area contributed by atoms with Crippen LogP contribution in [0, 0.1) is 5.41 Å². The third-order valence-corrected chi connectivity index (χ3v) is 4.82. The maximum absolute atomic E-state index is 12.7. The van der Waals surface area contributed by atoms with Gasteiger partial charge in [0, 0.05) is 13.7 Å². The van der Waals surface area contributed by atoms with Gasteiger partial charge in [0.15, 0.2) is 0 Å². The number of ether oxygens (including phenoxy) is 2. The lowest BCUT2D eigenvalue weighted by Gasteiger charge is -2.35. The summed E-state index contributed by atoms with van der Waals surface area (Å²) >= 11 is 0. The van der Waals surface area contributed by atoms with Crippen LogP contribution in [-0.4, -0.2) is 32.7 Å². The van der Waals surface area contributed by atoms with Crippen LogP contribution < -0.4 is 15.4 Å². The van der Waals surface area contributed by atoms with E-state index in [4.69, 9.17) is 9.47 Å². The summed E-state index contributed by atoms with van der Waals surface area (Å²) in [7, 11) is 1.66. The Morgan fingerprint density at radius 2 is 1.69 bits per heavy atom. The predicted octanol–water partition coefficient (Wildman–Crippen LogP) is 3.11. The van der Waals surface area contributed by atoms with Crippen LogP contribution in [0.2, 0.25) is 0 Å². The molecule has 1 heterocycles. The Balaban J connectivity index is 1.56. The van der Waals surface area contributed by atoms with Crippen molar-refractivity contribution in [3.8, 4) is 11.5 Å². The van der Waals surface area contributed by atoms with Crippen molar-refractivity contribution in [1.29, 1.82) is 0 Å². The first-order valence-corrected chi connectivity index (χ1v) is 9.02. The minimum absolute atomic E-state index is 0.0745. The van der Waals surface area contributed by atoms with Crippen molar-refractivity contribution >= 4 is 5.91 Å². The van der Waals surface area contributed by atoms with E-state index in [0.29, 0.717) is 13.2 Å². The predicted molar refractivity (Wildman–Crippen MR) is 101 cm³/mol. The molecule has 5 heteroatoms. The lowest BCUT2D eigenvalue weighted by atomic mass is 9.78. The number of hydrogen-bond acceptors (Lipinski definition) is 4. The number of carbonyl (C=O) groups is 1. The molecular formula is C21H26N2O3. The average Bonchev–Trinajstić information content (AvgIpc) is 2.69. The zero-order chi connectivity index (χ0) is 18.2. The van der Waals surface area contributed by atoms with E-state index in [1.807, 2.05) is 54.6 Å². The Bertz CT molecular complexity index is 689. The van der Waals surface area contributed by atoms with Crippen LogP contribution >= 0.6 is 0 Å². The molecular weight excluding hydrogens is 328 g/mol. The molecule has 1 aliphatic rings. The molecule has 0 bridgehead atoms. The monoisotopic (exact) mass is 354 g/mol. The first kappa shape index (κ1) is 18.4. The van der Waals surface area contributed by atoms with Crippen LogP contribution in [0.15, 0.2) is 54.6 Å². The van der Waals surface area contributed by atoms with E-state index >= 15 is 0 Å². The molecule has 1 amide bonds. The molecule has 2 N–H and O–H groups in total. The number of para-hydroxylation sites is 1. The molecule has 0 radical (unpaired) electrons. The van der Waals surface area contributed by atoms with Gasteiger partial charge < -0.3 is 20.1 Å². The molecule has 0 saturated carbocycles. The molecule has 0 aliphatic carbocycles. The molecule has 0 spiro atoms. The van der Waals surface area contributed by atoms with E-state index in [1.165, 1.54) is 0 Å². The fraction of sp³-hybridized carbons (Fsp3) is 0.381. The Morgan fingerprint density at radius 1 is 1.04 bits per heavy atom. The SMILES string of the molecule is COCC1(C(=O)NCc2ccc(Oc3ccccc3)cc2)CCNCC1. The fourth-order valence-electron chi connectivity index (χ4n) is 3.29. The minimum Gasteiger partial charge on any atom is -0.457 e. The minimum atomic E-state index is -0.420. The molecule has 2 aromatic carbocycles. The maximum Gasteiger partial charge on any atom is 0.228 e. The smallest absolute Gasteiger partial charge is 0.228 e. The highest BCUT2D eigenvalue weighted by molar-refractivity contribution is 5.83. The van der Waals surface area contributed by atoms with E-state index in [0.717, 1.165) is 43.0 Å². The van der Waals surface area contributed by atoms with E-state index in [2.05, 4.69) is 10.6 Å². The maximum atomic E-state index is 12.7. The van der Waals surface area contributed by atoms with Crippen molar-refractivity contribution in [2.24, 2.45) is 5.41 Å². The number of methoxy groups -OCH3 is 1. The van der Waals surface area contributed by atoms with Crippen LogP contribution in [-0.2, 0) is 16.1 Å². The Labute approximate surface area is 154 Å². The summed E-state index contributed by atoms with van der Waals surface area (Å²) in [4.78, 5) is 12.7.